The Morgan fingerprint density at radius 1 is 0.971 bits per heavy atom. The number of nitrogens with one attached hydrogen (secondary N) is 1. The summed E-state index contributed by atoms with van der Waals surface area (Å²) in [5.74, 6) is 1.02. The molecule has 3 aromatic carbocycles. The van der Waals surface area contributed by atoms with Gasteiger partial charge >= 0.3 is 0 Å². The quantitative estimate of drug-likeness (QED) is 0.218. The van der Waals surface area contributed by atoms with Gasteiger partial charge in [-0.1, -0.05) is 47.0 Å². The zero-order valence-electron chi connectivity index (χ0n) is 19.3. The predicted octanol–water partition coefficient (Wildman–Crippen LogP) is 6.27. The predicted molar refractivity (Wildman–Crippen MR) is 150 cm³/mol. The van der Waals surface area contributed by atoms with E-state index in [4.69, 9.17) is 23.2 Å². The van der Waals surface area contributed by atoms with E-state index in [1.165, 1.54) is 11.8 Å². The van der Waals surface area contributed by atoms with Crippen LogP contribution in [0.15, 0.2) is 76.5 Å². The third kappa shape index (κ3) is 7.82. The molecule has 0 radical (unpaired) electrons. The zero-order chi connectivity index (χ0) is 25.4. The molecule has 0 fully saturated rings. The number of carbonyl (C=O) groups excluding carboxylic acids is 1. The van der Waals surface area contributed by atoms with Gasteiger partial charge in [-0.2, -0.15) is 11.8 Å². The lowest BCUT2D eigenvalue weighted by Gasteiger charge is -2.24. The summed E-state index contributed by atoms with van der Waals surface area (Å²) < 4.78 is 28.1. The summed E-state index contributed by atoms with van der Waals surface area (Å²) in [4.78, 5) is 13.8. The second kappa shape index (κ2) is 12.9. The summed E-state index contributed by atoms with van der Waals surface area (Å²) >= 11 is 15.2. The van der Waals surface area contributed by atoms with Crippen molar-refractivity contribution in [1.82, 2.24) is 5.32 Å². The third-order valence-corrected chi connectivity index (χ3v) is 9.38. The molecule has 3 rings (SSSR count). The number of carbonyl (C=O) groups is 1. The van der Waals surface area contributed by atoms with Crippen LogP contribution >= 0.6 is 46.7 Å². The fourth-order valence-electron chi connectivity index (χ4n) is 3.17. The van der Waals surface area contributed by atoms with Gasteiger partial charge in [0.25, 0.3) is 10.0 Å². The highest BCUT2D eigenvalue weighted by molar-refractivity contribution is 7.98. The first-order chi connectivity index (χ1) is 16.7. The van der Waals surface area contributed by atoms with Gasteiger partial charge in [-0.15, -0.1) is 11.8 Å². The van der Waals surface area contributed by atoms with Crippen molar-refractivity contribution in [2.75, 3.05) is 29.4 Å². The van der Waals surface area contributed by atoms with Gasteiger partial charge in [-0.05, 0) is 67.3 Å². The molecule has 1 amide bonds. The van der Waals surface area contributed by atoms with Crippen molar-refractivity contribution >= 4 is 68.3 Å². The molecule has 0 aliphatic carbocycles. The number of halogens is 2. The molecule has 10 heteroatoms. The van der Waals surface area contributed by atoms with E-state index in [-0.39, 0.29) is 17.3 Å². The molecule has 0 saturated heterocycles. The van der Waals surface area contributed by atoms with Crippen molar-refractivity contribution in [2.24, 2.45) is 0 Å². The molecule has 0 atom stereocenters. The van der Waals surface area contributed by atoms with Crippen LogP contribution < -0.4 is 9.62 Å². The average Bonchev–Trinajstić information content (AvgIpc) is 2.85. The maximum absolute atomic E-state index is 13.5. The number of rotatable bonds is 11. The van der Waals surface area contributed by atoms with E-state index in [0.717, 1.165) is 26.1 Å². The molecular formula is C25H26Cl2N2O3S3. The van der Waals surface area contributed by atoms with E-state index in [9.17, 15) is 13.2 Å². The van der Waals surface area contributed by atoms with Crippen molar-refractivity contribution in [3.05, 3.63) is 87.9 Å². The first-order valence-corrected chi connectivity index (χ1v) is 15.3. The molecule has 5 nitrogen and oxygen atoms in total. The van der Waals surface area contributed by atoms with Gasteiger partial charge in [-0.3, -0.25) is 9.10 Å². The number of sulfonamides is 1. The van der Waals surface area contributed by atoms with Crippen LogP contribution in [0.5, 0.6) is 0 Å². The van der Waals surface area contributed by atoms with Crippen molar-refractivity contribution in [3.63, 3.8) is 0 Å². The second-order valence-corrected chi connectivity index (χ2v) is 12.3. The van der Waals surface area contributed by atoms with Crippen LogP contribution in [0.25, 0.3) is 0 Å². The highest BCUT2D eigenvalue weighted by Gasteiger charge is 2.27. The lowest BCUT2D eigenvalue weighted by atomic mass is 10.2. The van der Waals surface area contributed by atoms with Crippen molar-refractivity contribution in [2.45, 2.75) is 22.5 Å². The molecule has 0 bridgehead atoms. The Kier molecular flexibility index (Phi) is 10.2. The van der Waals surface area contributed by atoms with Crippen LogP contribution in [-0.4, -0.2) is 39.4 Å². The topological polar surface area (TPSA) is 66.5 Å². The Hall–Kier alpha value is -1.84. The van der Waals surface area contributed by atoms with Gasteiger partial charge in [0.15, 0.2) is 0 Å². The lowest BCUT2D eigenvalue weighted by molar-refractivity contribution is -0.119. The number of aryl methyl sites for hydroxylation is 1. The van der Waals surface area contributed by atoms with Crippen molar-refractivity contribution < 1.29 is 13.2 Å². The minimum atomic E-state index is -3.93. The number of hydrogen-bond acceptors (Lipinski definition) is 5. The molecule has 186 valence electrons. The molecule has 0 heterocycles. The monoisotopic (exact) mass is 568 g/mol. The van der Waals surface area contributed by atoms with Crippen LogP contribution in [-0.2, 0) is 20.6 Å². The van der Waals surface area contributed by atoms with Crippen LogP contribution in [0.2, 0.25) is 10.0 Å². The fraction of sp³-hybridized carbons (Fsp3) is 0.240. The fourth-order valence-corrected chi connectivity index (χ4v) is 6.13. The van der Waals surface area contributed by atoms with Gasteiger partial charge in [0, 0.05) is 22.9 Å². The Morgan fingerprint density at radius 2 is 1.66 bits per heavy atom. The van der Waals surface area contributed by atoms with E-state index in [2.05, 4.69) is 5.32 Å². The number of nitrogens with zero attached hydrogens (tertiary/aromatic N) is 1. The maximum Gasteiger partial charge on any atom is 0.264 e. The van der Waals surface area contributed by atoms with Gasteiger partial charge in [0.1, 0.15) is 6.54 Å². The first-order valence-electron chi connectivity index (χ1n) is 10.7. The molecule has 0 saturated carbocycles. The largest absolute Gasteiger partial charge is 0.354 e. The summed E-state index contributed by atoms with van der Waals surface area (Å²) in [5.41, 5.74) is 2.48. The summed E-state index contributed by atoms with van der Waals surface area (Å²) in [6.45, 7) is 2.02. The lowest BCUT2D eigenvalue weighted by Crippen LogP contribution is -2.41. The standard InChI is InChI=1S/C25H26Cl2N2O3S3/c1-18-3-6-20(7-4-18)29(35(31,32)22-10-8-21(33-2)9-11-22)16-25(30)28-13-14-34-17-19-5-12-23(26)24(27)15-19/h3-12,15H,13-14,16-17H2,1-2H3,(H,28,30). The van der Waals surface area contributed by atoms with Gasteiger partial charge in [-0.25, -0.2) is 8.42 Å². The maximum atomic E-state index is 13.5. The summed E-state index contributed by atoms with van der Waals surface area (Å²) in [6.07, 6.45) is 1.93. The van der Waals surface area contributed by atoms with Gasteiger partial charge in [0.2, 0.25) is 5.91 Å². The average molecular weight is 570 g/mol. The molecule has 35 heavy (non-hydrogen) atoms. The van der Waals surface area contributed by atoms with Crippen LogP contribution in [0.1, 0.15) is 11.1 Å². The van der Waals surface area contributed by atoms with Crippen LogP contribution in [0.3, 0.4) is 0 Å². The van der Waals surface area contributed by atoms with Crippen molar-refractivity contribution in [1.29, 1.82) is 0 Å². The van der Waals surface area contributed by atoms with E-state index < -0.39 is 10.0 Å². The number of thioether (sulfide) groups is 2. The number of benzene rings is 3. The van der Waals surface area contributed by atoms with Gasteiger partial charge in [0.05, 0.1) is 20.6 Å². The van der Waals surface area contributed by atoms with Crippen molar-refractivity contribution in [3.8, 4) is 0 Å². The zero-order valence-corrected chi connectivity index (χ0v) is 23.3. The number of hydrogen-bond donors (Lipinski definition) is 1. The Morgan fingerprint density at radius 3 is 2.29 bits per heavy atom. The highest BCUT2D eigenvalue weighted by atomic mass is 35.5. The Labute approximate surface area is 225 Å². The molecule has 0 spiro atoms. The van der Waals surface area contributed by atoms with E-state index in [0.29, 0.717) is 28.0 Å². The second-order valence-electron chi connectivity index (χ2n) is 7.67. The molecule has 0 aliphatic rings. The SMILES string of the molecule is CSc1ccc(S(=O)(=O)N(CC(=O)NCCSCc2ccc(Cl)c(Cl)c2)c2ccc(C)cc2)cc1. The molecule has 0 unspecified atom stereocenters. The van der Waals surface area contributed by atoms with E-state index >= 15 is 0 Å². The normalized spacial score (nSPS) is 11.3. The molecule has 0 aromatic heterocycles. The Balaban J connectivity index is 1.64. The summed E-state index contributed by atoms with van der Waals surface area (Å²) in [5, 5.41) is 3.85. The van der Waals surface area contributed by atoms with E-state index in [1.54, 1.807) is 54.2 Å². The number of anilines is 1. The Bertz CT molecular complexity index is 1250. The molecule has 3 aromatic rings. The minimum absolute atomic E-state index is 0.140. The van der Waals surface area contributed by atoms with Gasteiger partial charge < -0.3 is 5.32 Å². The van der Waals surface area contributed by atoms with E-state index in [1.807, 2.05) is 37.4 Å². The molecular weight excluding hydrogens is 543 g/mol. The highest BCUT2D eigenvalue weighted by Crippen LogP contribution is 2.26. The summed E-state index contributed by atoms with van der Waals surface area (Å²) in [6, 6.07) is 19.2. The minimum Gasteiger partial charge on any atom is -0.354 e. The third-order valence-electron chi connectivity index (χ3n) is 5.08. The molecule has 1 N–H and O–H groups in total. The smallest absolute Gasteiger partial charge is 0.264 e. The summed E-state index contributed by atoms with van der Waals surface area (Å²) in [7, 11) is -3.93. The first kappa shape index (κ1) is 27.7. The van der Waals surface area contributed by atoms with Crippen LogP contribution in [0.4, 0.5) is 5.69 Å². The molecule has 0 aliphatic heterocycles. The van der Waals surface area contributed by atoms with Crippen LogP contribution in [0, 0.1) is 6.92 Å². The number of amides is 1.